The topological polar surface area (TPSA) is 95.1 Å². The lowest BCUT2D eigenvalue weighted by Crippen LogP contribution is -2.28. The molecule has 0 saturated heterocycles. The Labute approximate surface area is 208 Å². The van der Waals surface area contributed by atoms with Crippen molar-refractivity contribution in [1.29, 1.82) is 0 Å². The van der Waals surface area contributed by atoms with E-state index in [-0.39, 0.29) is 11.9 Å². The molecule has 1 aliphatic rings. The molecule has 0 bridgehead atoms. The van der Waals surface area contributed by atoms with Crippen molar-refractivity contribution in [3.63, 3.8) is 0 Å². The summed E-state index contributed by atoms with van der Waals surface area (Å²) in [5, 5.41) is 5.83. The Morgan fingerprint density at radius 2 is 1.68 bits per heavy atom. The average molecular weight is 535 g/mol. The van der Waals surface area contributed by atoms with Gasteiger partial charge in [-0.25, -0.2) is 4.79 Å². The molecule has 1 aliphatic carbocycles. The summed E-state index contributed by atoms with van der Waals surface area (Å²) in [6.45, 7) is 6.90. The van der Waals surface area contributed by atoms with Gasteiger partial charge in [0.1, 0.15) is 5.60 Å². The first kappa shape index (κ1) is 25.7. The molecule has 0 saturated carbocycles. The molecule has 0 radical (unpaired) electrons. The van der Waals surface area contributed by atoms with E-state index in [1.165, 1.54) is 6.92 Å². The molecule has 0 fully saturated rings. The molecule has 34 heavy (non-hydrogen) atoms. The maximum Gasteiger partial charge on any atom is 0.412 e. The Kier molecular flexibility index (Phi) is 7.65. The van der Waals surface area contributed by atoms with E-state index in [0.29, 0.717) is 35.8 Å². The molecule has 9 heteroatoms. The first-order chi connectivity index (χ1) is 16.0. The predicted molar refractivity (Wildman–Crippen MR) is 134 cm³/mol. The Morgan fingerprint density at radius 3 is 2.24 bits per heavy atom. The van der Waals surface area contributed by atoms with Gasteiger partial charge in [-0.1, -0.05) is 6.07 Å². The monoisotopic (exact) mass is 534 g/mol. The number of ether oxygens (including phenoxy) is 4. The molecule has 0 heterocycles. The van der Waals surface area contributed by atoms with Crippen molar-refractivity contribution in [2.24, 2.45) is 0 Å². The van der Waals surface area contributed by atoms with Crippen LogP contribution in [-0.4, -0.2) is 38.9 Å². The number of hydrogen-bond acceptors (Lipinski definition) is 6. The van der Waals surface area contributed by atoms with E-state index >= 15 is 0 Å². The fraction of sp³-hybridized carbons (Fsp3) is 0.440. The Bertz CT molecular complexity index is 1110. The molecule has 0 aromatic heterocycles. The van der Waals surface area contributed by atoms with Crippen LogP contribution in [0.5, 0.6) is 17.2 Å². The fourth-order valence-corrected chi connectivity index (χ4v) is 4.94. The molecular formula is C25H31BrN2O6. The minimum absolute atomic E-state index is 0.145. The van der Waals surface area contributed by atoms with Gasteiger partial charge in [-0.05, 0) is 78.4 Å². The molecule has 184 valence electrons. The maximum absolute atomic E-state index is 12.4. The highest BCUT2D eigenvalue weighted by Crippen LogP contribution is 2.54. The van der Waals surface area contributed by atoms with Gasteiger partial charge in [0.2, 0.25) is 11.7 Å². The van der Waals surface area contributed by atoms with Crippen LogP contribution in [0.25, 0.3) is 11.1 Å². The lowest BCUT2D eigenvalue weighted by atomic mass is 9.93. The van der Waals surface area contributed by atoms with E-state index in [4.69, 9.17) is 18.9 Å². The molecule has 8 nitrogen and oxygen atoms in total. The third-order valence-corrected chi connectivity index (χ3v) is 6.26. The van der Waals surface area contributed by atoms with Gasteiger partial charge < -0.3 is 24.3 Å². The third kappa shape index (κ3) is 5.24. The van der Waals surface area contributed by atoms with Crippen LogP contribution in [0.15, 0.2) is 22.7 Å². The van der Waals surface area contributed by atoms with E-state index in [9.17, 15) is 9.59 Å². The summed E-state index contributed by atoms with van der Waals surface area (Å²) in [5.74, 6) is 1.40. The normalized spacial score (nSPS) is 14.8. The van der Waals surface area contributed by atoms with Crippen LogP contribution in [0.4, 0.5) is 10.5 Å². The largest absolute Gasteiger partial charge is 0.492 e. The van der Waals surface area contributed by atoms with E-state index in [2.05, 4.69) is 26.6 Å². The molecule has 3 rings (SSSR count). The van der Waals surface area contributed by atoms with Crippen molar-refractivity contribution in [2.75, 3.05) is 26.6 Å². The summed E-state index contributed by atoms with van der Waals surface area (Å²) in [7, 11) is 4.72. The van der Waals surface area contributed by atoms with Gasteiger partial charge in [-0.3, -0.25) is 10.1 Å². The van der Waals surface area contributed by atoms with Gasteiger partial charge in [0.05, 0.1) is 31.8 Å². The maximum atomic E-state index is 12.4. The highest BCUT2D eigenvalue weighted by molar-refractivity contribution is 9.10. The van der Waals surface area contributed by atoms with Crippen molar-refractivity contribution in [3.05, 3.63) is 33.8 Å². The lowest BCUT2D eigenvalue weighted by molar-refractivity contribution is -0.119. The number of hydrogen-bond donors (Lipinski definition) is 2. The SMILES string of the molecule is COc1c(Br)c2c(c(OC)c1OC)-c1ccc(NC(=O)OC(C)(C)C)cc1[C@@H](NC(C)=O)CC2. The number of carbonyl (C=O) groups excluding carboxylic acids is 2. The third-order valence-electron chi connectivity index (χ3n) is 5.42. The minimum atomic E-state index is -0.622. The molecule has 2 aromatic rings. The summed E-state index contributed by atoms with van der Waals surface area (Å²) in [6.07, 6.45) is 0.720. The van der Waals surface area contributed by atoms with Crippen LogP contribution in [0.3, 0.4) is 0 Å². The van der Waals surface area contributed by atoms with Gasteiger partial charge >= 0.3 is 6.09 Å². The number of carbonyl (C=O) groups is 2. The second-order valence-corrected chi connectivity index (χ2v) is 9.78. The fourth-order valence-electron chi connectivity index (χ4n) is 4.20. The zero-order chi connectivity index (χ0) is 25.2. The quantitative estimate of drug-likeness (QED) is 0.517. The second kappa shape index (κ2) is 10.1. The number of halogens is 1. The van der Waals surface area contributed by atoms with Crippen LogP contribution in [0, 0.1) is 0 Å². The van der Waals surface area contributed by atoms with Crippen molar-refractivity contribution in [1.82, 2.24) is 5.32 Å². The second-order valence-electron chi connectivity index (χ2n) is 8.99. The molecule has 0 unspecified atom stereocenters. The zero-order valence-electron chi connectivity index (χ0n) is 20.6. The van der Waals surface area contributed by atoms with Crippen molar-refractivity contribution in [2.45, 2.75) is 52.2 Å². The van der Waals surface area contributed by atoms with Crippen molar-refractivity contribution in [3.8, 4) is 28.4 Å². The summed E-state index contributed by atoms with van der Waals surface area (Å²) in [5.41, 5.74) is 3.47. The summed E-state index contributed by atoms with van der Waals surface area (Å²) >= 11 is 3.69. The number of amides is 2. The average Bonchev–Trinajstić information content (AvgIpc) is 2.89. The van der Waals surface area contributed by atoms with Gasteiger partial charge in [0, 0.05) is 18.2 Å². The van der Waals surface area contributed by atoms with Crippen LogP contribution < -0.4 is 24.8 Å². The number of nitrogens with one attached hydrogen (secondary N) is 2. The molecular weight excluding hydrogens is 504 g/mol. The van der Waals surface area contributed by atoms with Gasteiger partial charge in [-0.2, -0.15) is 0 Å². The number of rotatable bonds is 5. The number of methoxy groups -OCH3 is 3. The number of anilines is 1. The highest BCUT2D eigenvalue weighted by Gasteiger charge is 2.32. The Morgan fingerprint density at radius 1 is 1.03 bits per heavy atom. The summed E-state index contributed by atoms with van der Waals surface area (Å²) in [4.78, 5) is 24.4. The molecule has 2 N–H and O–H groups in total. The minimum Gasteiger partial charge on any atom is -0.492 e. The van der Waals surface area contributed by atoms with Crippen LogP contribution in [-0.2, 0) is 16.0 Å². The molecule has 2 aromatic carbocycles. The highest BCUT2D eigenvalue weighted by atomic mass is 79.9. The lowest BCUT2D eigenvalue weighted by Gasteiger charge is -2.23. The van der Waals surface area contributed by atoms with Gasteiger partial charge in [-0.15, -0.1) is 0 Å². The van der Waals surface area contributed by atoms with E-state index in [0.717, 1.165) is 26.7 Å². The summed E-state index contributed by atoms with van der Waals surface area (Å²) < 4.78 is 23.2. The number of benzene rings is 2. The number of fused-ring (bicyclic) bond motifs is 3. The standard InChI is InChI=1S/C25H31BrN2O6/c1-13(29)27-18-11-10-16-19(21(31-5)23(33-7)22(32-6)20(16)26)15-9-8-14(12-17(15)18)28-24(30)34-25(2,3)4/h8-9,12,18H,10-11H2,1-7H3,(H,27,29)(H,28,30)/t18-/m0/s1. The van der Waals surface area contributed by atoms with E-state index < -0.39 is 11.7 Å². The Hall–Kier alpha value is -2.94. The molecule has 1 atom stereocenters. The predicted octanol–water partition coefficient (Wildman–Crippen LogP) is 5.61. The first-order valence-corrected chi connectivity index (χ1v) is 11.7. The molecule has 2 amide bonds. The van der Waals surface area contributed by atoms with Crippen molar-refractivity contribution >= 4 is 33.6 Å². The summed E-state index contributed by atoms with van der Waals surface area (Å²) in [6, 6.07) is 5.28. The Balaban J connectivity index is 2.22. The van der Waals surface area contributed by atoms with Crippen LogP contribution in [0.1, 0.15) is 51.3 Å². The van der Waals surface area contributed by atoms with E-state index in [1.54, 1.807) is 48.2 Å². The van der Waals surface area contributed by atoms with Crippen molar-refractivity contribution < 1.29 is 28.5 Å². The molecule has 0 spiro atoms. The van der Waals surface area contributed by atoms with Gasteiger partial charge in [0.15, 0.2) is 11.5 Å². The molecule has 0 aliphatic heterocycles. The van der Waals surface area contributed by atoms with Crippen LogP contribution in [0.2, 0.25) is 0 Å². The van der Waals surface area contributed by atoms with E-state index in [1.807, 2.05) is 12.1 Å². The first-order valence-electron chi connectivity index (χ1n) is 10.9. The zero-order valence-corrected chi connectivity index (χ0v) is 22.1. The smallest absolute Gasteiger partial charge is 0.412 e. The van der Waals surface area contributed by atoms with Gasteiger partial charge in [0.25, 0.3) is 0 Å². The van der Waals surface area contributed by atoms with Crippen LogP contribution >= 0.6 is 15.9 Å².